The molecule has 1 aliphatic rings. The number of aromatic nitrogens is 1. The van der Waals surface area contributed by atoms with Crippen LogP contribution >= 0.6 is 0 Å². The van der Waals surface area contributed by atoms with E-state index in [0.717, 1.165) is 12.2 Å². The molecule has 1 heterocycles. The number of nitrogens with two attached hydrogens (primary N) is 1. The molecule has 1 saturated carbocycles. The monoisotopic (exact) mass is 247 g/mol. The van der Waals surface area contributed by atoms with E-state index < -0.39 is 0 Å². The summed E-state index contributed by atoms with van der Waals surface area (Å²) in [5.41, 5.74) is 7.34. The molecule has 0 unspecified atom stereocenters. The maximum absolute atomic E-state index is 11.8. The number of anilines is 1. The average molecular weight is 247 g/mol. The number of nitrogens with one attached hydrogen (secondary N) is 1. The maximum Gasteiger partial charge on any atom is 0.226 e. The van der Waals surface area contributed by atoms with E-state index in [9.17, 15) is 4.79 Å². The molecule has 2 rings (SSSR count). The van der Waals surface area contributed by atoms with Crippen molar-refractivity contribution in [3.63, 3.8) is 0 Å². The Morgan fingerprint density at radius 2 is 2.28 bits per heavy atom. The maximum atomic E-state index is 11.8. The zero-order valence-corrected chi connectivity index (χ0v) is 10.9. The van der Waals surface area contributed by atoms with Crippen molar-refractivity contribution in [2.45, 2.75) is 39.0 Å². The summed E-state index contributed by atoms with van der Waals surface area (Å²) in [5, 5.41) is 3.02. The number of rotatable bonds is 6. The Bertz CT molecular complexity index is 410. The van der Waals surface area contributed by atoms with Gasteiger partial charge in [0.15, 0.2) is 0 Å². The van der Waals surface area contributed by atoms with Gasteiger partial charge in [-0.1, -0.05) is 13.3 Å². The summed E-state index contributed by atoms with van der Waals surface area (Å²) >= 11 is 0. The Labute approximate surface area is 108 Å². The van der Waals surface area contributed by atoms with Crippen molar-refractivity contribution < 1.29 is 4.79 Å². The highest BCUT2D eigenvalue weighted by atomic mass is 16.1. The number of amides is 1. The lowest BCUT2D eigenvalue weighted by atomic mass is 10.0. The molecule has 1 aromatic heterocycles. The molecule has 0 atom stereocenters. The second kappa shape index (κ2) is 5.38. The zero-order valence-electron chi connectivity index (χ0n) is 10.9. The first-order chi connectivity index (χ1) is 8.63. The van der Waals surface area contributed by atoms with Crippen molar-refractivity contribution in [3.8, 4) is 0 Å². The van der Waals surface area contributed by atoms with Crippen LogP contribution in [0.15, 0.2) is 18.3 Å². The first-order valence-electron chi connectivity index (χ1n) is 6.61. The summed E-state index contributed by atoms with van der Waals surface area (Å²) in [4.78, 5) is 15.9. The third-order valence-corrected chi connectivity index (χ3v) is 3.59. The molecule has 0 radical (unpaired) electrons. The van der Waals surface area contributed by atoms with Crippen molar-refractivity contribution in [1.82, 2.24) is 10.3 Å². The summed E-state index contributed by atoms with van der Waals surface area (Å²) in [6.07, 6.45) is 6.83. The molecule has 0 saturated heterocycles. The molecule has 98 valence electrons. The van der Waals surface area contributed by atoms with E-state index in [1.807, 2.05) is 0 Å². The molecule has 18 heavy (non-hydrogen) atoms. The molecule has 1 fully saturated rings. The van der Waals surface area contributed by atoms with Gasteiger partial charge in [0.2, 0.25) is 5.91 Å². The third-order valence-electron chi connectivity index (χ3n) is 3.59. The molecule has 4 heteroatoms. The highest BCUT2D eigenvalue weighted by molar-refractivity contribution is 5.78. The molecule has 1 amide bonds. The van der Waals surface area contributed by atoms with Gasteiger partial charge in [0.05, 0.1) is 18.3 Å². The SMILES string of the molecule is CCCC1(CNC(=O)Cc2ccc(N)cn2)CC1. The predicted octanol–water partition coefficient (Wildman–Crippen LogP) is 1.90. The minimum atomic E-state index is 0.0506. The minimum Gasteiger partial charge on any atom is -0.397 e. The topological polar surface area (TPSA) is 68.0 Å². The second-order valence-corrected chi connectivity index (χ2v) is 5.29. The highest BCUT2D eigenvalue weighted by Crippen LogP contribution is 2.48. The van der Waals surface area contributed by atoms with Gasteiger partial charge in [0, 0.05) is 12.2 Å². The number of hydrogen-bond acceptors (Lipinski definition) is 3. The van der Waals surface area contributed by atoms with E-state index in [4.69, 9.17) is 5.73 Å². The van der Waals surface area contributed by atoms with Crippen molar-refractivity contribution in [2.75, 3.05) is 12.3 Å². The molecule has 0 bridgehead atoms. The van der Waals surface area contributed by atoms with Crippen LogP contribution in [0.4, 0.5) is 5.69 Å². The fraction of sp³-hybridized carbons (Fsp3) is 0.571. The van der Waals surface area contributed by atoms with Gasteiger partial charge in [0.25, 0.3) is 0 Å². The standard InChI is InChI=1S/C14H21N3O/c1-2-5-14(6-7-14)10-17-13(18)8-12-4-3-11(15)9-16-12/h3-4,9H,2,5-8,10,15H2,1H3,(H,17,18). The number of nitrogens with zero attached hydrogens (tertiary/aromatic N) is 1. The van der Waals surface area contributed by atoms with Crippen molar-refractivity contribution >= 4 is 11.6 Å². The largest absolute Gasteiger partial charge is 0.397 e. The molecule has 0 spiro atoms. The number of pyridine rings is 1. The summed E-state index contributed by atoms with van der Waals surface area (Å²) in [6, 6.07) is 3.57. The zero-order chi connectivity index (χ0) is 13.0. The number of hydrogen-bond donors (Lipinski definition) is 2. The van der Waals surface area contributed by atoms with Crippen molar-refractivity contribution in [2.24, 2.45) is 5.41 Å². The van der Waals surface area contributed by atoms with Gasteiger partial charge in [-0.2, -0.15) is 0 Å². The van der Waals surface area contributed by atoms with Crippen LogP contribution in [0.3, 0.4) is 0 Å². The van der Waals surface area contributed by atoms with Gasteiger partial charge in [0.1, 0.15) is 0 Å². The lowest BCUT2D eigenvalue weighted by Crippen LogP contribution is -2.31. The molecular weight excluding hydrogens is 226 g/mol. The molecular formula is C14H21N3O. The van der Waals surface area contributed by atoms with Crippen LogP contribution < -0.4 is 11.1 Å². The third kappa shape index (κ3) is 3.45. The molecule has 4 nitrogen and oxygen atoms in total. The van der Waals surface area contributed by atoms with Gasteiger partial charge in [-0.05, 0) is 36.8 Å². The Morgan fingerprint density at radius 3 is 2.83 bits per heavy atom. The van der Waals surface area contributed by atoms with Crippen LogP contribution in [0.2, 0.25) is 0 Å². The fourth-order valence-corrected chi connectivity index (χ4v) is 2.28. The number of carbonyl (C=O) groups excluding carboxylic acids is 1. The summed E-state index contributed by atoms with van der Waals surface area (Å²) in [7, 11) is 0. The first-order valence-corrected chi connectivity index (χ1v) is 6.61. The molecule has 3 N–H and O–H groups in total. The van der Waals surface area contributed by atoms with Crippen LogP contribution in [0.1, 0.15) is 38.3 Å². The quantitative estimate of drug-likeness (QED) is 0.806. The first kappa shape index (κ1) is 12.9. The van der Waals surface area contributed by atoms with Crippen LogP contribution in [-0.2, 0) is 11.2 Å². The Hall–Kier alpha value is -1.58. The Morgan fingerprint density at radius 1 is 1.50 bits per heavy atom. The van der Waals surface area contributed by atoms with Gasteiger partial charge in [-0.15, -0.1) is 0 Å². The molecule has 0 aliphatic heterocycles. The van der Waals surface area contributed by atoms with Crippen molar-refractivity contribution in [3.05, 3.63) is 24.0 Å². The van der Waals surface area contributed by atoms with Crippen LogP contribution in [0, 0.1) is 5.41 Å². The fourth-order valence-electron chi connectivity index (χ4n) is 2.28. The van der Waals surface area contributed by atoms with Gasteiger partial charge < -0.3 is 11.1 Å². The van der Waals surface area contributed by atoms with Crippen LogP contribution in [0.25, 0.3) is 0 Å². The lowest BCUT2D eigenvalue weighted by Gasteiger charge is -2.14. The van der Waals surface area contributed by atoms with E-state index in [1.165, 1.54) is 25.7 Å². The number of nitrogen functional groups attached to an aromatic ring is 1. The van der Waals surface area contributed by atoms with Gasteiger partial charge in [-0.3, -0.25) is 9.78 Å². The Balaban J connectivity index is 1.77. The van der Waals surface area contributed by atoms with E-state index in [2.05, 4.69) is 17.2 Å². The second-order valence-electron chi connectivity index (χ2n) is 5.29. The van der Waals surface area contributed by atoms with Gasteiger partial charge >= 0.3 is 0 Å². The summed E-state index contributed by atoms with van der Waals surface area (Å²) in [6.45, 7) is 3.01. The van der Waals surface area contributed by atoms with E-state index in [-0.39, 0.29) is 5.91 Å². The molecule has 1 aliphatic carbocycles. The smallest absolute Gasteiger partial charge is 0.226 e. The van der Waals surface area contributed by atoms with E-state index in [1.54, 1.807) is 18.3 Å². The van der Waals surface area contributed by atoms with Crippen molar-refractivity contribution in [1.29, 1.82) is 0 Å². The molecule has 1 aromatic rings. The highest BCUT2D eigenvalue weighted by Gasteiger charge is 2.41. The Kier molecular flexibility index (Phi) is 3.84. The van der Waals surface area contributed by atoms with E-state index in [0.29, 0.717) is 17.5 Å². The van der Waals surface area contributed by atoms with Crippen LogP contribution in [-0.4, -0.2) is 17.4 Å². The lowest BCUT2D eigenvalue weighted by molar-refractivity contribution is -0.120. The van der Waals surface area contributed by atoms with E-state index >= 15 is 0 Å². The van der Waals surface area contributed by atoms with Gasteiger partial charge in [-0.25, -0.2) is 0 Å². The summed E-state index contributed by atoms with van der Waals surface area (Å²) in [5.74, 6) is 0.0506. The molecule has 0 aromatic carbocycles. The van der Waals surface area contributed by atoms with Crippen LogP contribution in [0.5, 0.6) is 0 Å². The number of carbonyl (C=O) groups is 1. The average Bonchev–Trinajstić information content (AvgIpc) is 3.11. The predicted molar refractivity (Wildman–Crippen MR) is 71.9 cm³/mol. The minimum absolute atomic E-state index is 0.0506. The summed E-state index contributed by atoms with van der Waals surface area (Å²) < 4.78 is 0. The normalized spacial score (nSPS) is 16.3.